The Balaban J connectivity index is 0.000000921. The quantitative estimate of drug-likeness (QED) is 0.646. The van der Waals surface area contributed by atoms with E-state index in [0.717, 1.165) is 0 Å². The van der Waals surface area contributed by atoms with E-state index in [-0.39, 0.29) is 0 Å². The second-order valence-electron chi connectivity index (χ2n) is 3.01. The number of hydrogen-bond acceptors (Lipinski definition) is 0. The van der Waals surface area contributed by atoms with Gasteiger partial charge < -0.3 is 0 Å². The molecule has 1 rings (SSSR count). The lowest BCUT2D eigenvalue weighted by atomic mass is 10.0. The zero-order valence-corrected chi connectivity index (χ0v) is 9.57. The molecular weight excluding hydrogens is 201 g/mol. The monoisotopic (exact) mass is 218 g/mol. The first-order valence-corrected chi connectivity index (χ1v) is 5.12. The Labute approximate surface area is 89.1 Å². The van der Waals surface area contributed by atoms with Crippen LogP contribution in [0.4, 0.5) is 13.2 Å². The van der Waals surface area contributed by atoms with Gasteiger partial charge in [-0.15, -0.1) is 0 Å². The van der Waals surface area contributed by atoms with Gasteiger partial charge in [0.25, 0.3) is 0 Å². The van der Waals surface area contributed by atoms with Gasteiger partial charge in [-0.1, -0.05) is 38.5 Å². The molecule has 0 bridgehead atoms. The Morgan fingerprint density at radius 1 is 1.13 bits per heavy atom. The Kier molecular flexibility index (Phi) is 5.40. The van der Waals surface area contributed by atoms with E-state index >= 15 is 0 Å². The predicted molar refractivity (Wildman–Crippen MR) is 56.9 cm³/mol. The lowest BCUT2D eigenvalue weighted by Gasteiger charge is -2.11. The third-order valence-electron chi connectivity index (χ3n) is 1.95. The highest BCUT2D eigenvalue weighted by atomic mass is 19.4. The summed E-state index contributed by atoms with van der Waals surface area (Å²) in [6.07, 6.45) is -3.81. The Morgan fingerprint density at radius 3 is 2.07 bits per heavy atom. The summed E-state index contributed by atoms with van der Waals surface area (Å²) in [7, 11) is 0. The molecule has 0 fully saturated rings. The van der Waals surface area contributed by atoms with Crippen LogP contribution in [-0.4, -0.2) is 0 Å². The largest absolute Gasteiger partial charge is 0.416 e. The van der Waals surface area contributed by atoms with Crippen molar-refractivity contribution in [3.05, 3.63) is 34.9 Å². The van der Waals surface area contributed by atoms with Gasteiger partial charge in [0.15, 0.2) is 0 Å². The molecule has 1 aromatic carbocycles. The minimum atomic E-state index is -4.22. The summed E-state index contributed by atoms with van der Waals surface area (Å²) >= 11 is 0. The SMILES string of the molecule is CC.CCc1ccc(C)cc1C(F)(F)F. The van der Waals surface area contributed by atoms with Crippen molar-refractivity contribution >= 4 is 0 Å². The zero-order valence-electron chi connectivity index (χ0n) is 9.57. The van der Waals surface area contributed by atoms with Crippen LogP contribution in [0.3, 0.4) is 0 Å². The normalized spacial score (nSPS) is 10.6. The van der Waals surface area contributed by atoms with Crippen molar-refractivity contribution in [3.63, 3.8) is 0 Å². The predicted octanol–water partition coefficient (Wildman–Crippen LogP) is 4.60. The van der Waals surface area contributed by atoms with Crippen LogP contribution in [0.2, 0.25) is 0 Å². The van der Waals surface area contributed by atoms with Gasteiger partial charge in [-0.2, -0.15) is 13.2 Å². The van der Waals surface area contributed by atoms with Gasteiger partial charge in [0.05, 0.1) is 5.56 Å². The van der Waals surface area contributed by atoms with Gasteiger partial charge in [0, 0.05) is 0 Å². The molecule has 0 saturated heterocycles. The lowest BCUT2D eigenvalue weighted by Crippen LogP contribution is -2.08. The van der Waals surface area contributed by atoms with Gasteiger partial charge in [-0.3, -0.25) is 0 Å². The maximum absolute atomic E-state index is 12.4. The summed E-state index contributed by atoms with van der Waals surface area (Å²) < 4.78 is 37.2. The summed E-state index contributed by atoms with van der Waals surface area (Å²) in [4.78, 5) is 0. The smallest absolute Gasteiger partial charge is 0.166 e. The molecule has 0 aliphatic rings. The fourth-order valence-corrected chi connectivity index (χ4v) is 1.26. The van der Waals surface area contributed by atoms with Gasteiger partial charge in [-0.05, 0) is 25.0 Å². The third-order valence-corrected chi connectivity index (χ3v) is 1.95. The summed E-state index contributed by atoms with van der Waals surface area (Å²) in [5.41, 5.74) is 0.498. The molecule has 0 unspecified atom stereocenters. The minimum absolute atomic E-state index is 0.359. The highest BCUT2D eigenvalue weighted by Crippen LogP contribution is 2.32. The second kappa shape index (κ2) is 5.79. The van der Waals surface area contributed by atoms with Gasteiger partial charge >= 0.3 is 6.18 Å². The summed E-state index contributed by atoms with van der Waals surface area (Å²) in [6.45, 7) is 7.38. The Hall–Kier alpha value is -0.990. The van der Waals surface area contributed by atoms with Gasteiger partial charge in [0.2, 0.25) is 0 Å². The van der Waals surface area contributed by atoms with Crippen molar-refractivity contribution in [2.75, 3.05) is 0 Å². The number of aryl methyl sites for hydroxylation is 2. The van der Waals surface area contributed by atoms with E-state index in [4.69, 9.17) is 0 Å². The standard InChI is InChI=1S/C10H11F3.C2H6/c1-3-8-5-4-7(2)6-9(8)10(11,12)13;1-2/h4-6H,3H2,1-2H3;1-2H3. The minimum Gasteiger partial charge on any atom is -0.166 e. The molecule has 0 amide bonds. The second-order valence-corrected chi connectivity index (χ2v) is 3.01. The van der Waals surface area contributed by atoms with E-state index in [1.807, 2.05) is 13.8 Å². The van der Waals surface area contributed by atoms with E-state index in [9.17, 15) is 13.2 Å². The fraction of sp³-hybridized carbons (Fsp3) is 0.500. The molecule has 0 radical (unpaired) electrons. The molecule has 0 heterocycles. The summed E-state index contributed by atoms with van der Waals surface area (Å²) in [5, 5.41) is 0. The molecule has 3 heteroatoms. The zero-order chi connectivity index (χ0) is 12.1. The van der Waals surface area contributed by atoms with Crippen LogP contribution in [0.5, 0.6) is 0 Å². The molecular formula is C12H17F3. The van der Waals surface area contributed by atoms with Crippen LogP contribution >= 0.6 is 0 Å². The van der Waals surface area contributed by atoms with Crippen LogP contribution in [-0.2, 0) is 12.6 Å². The third kappa shape index (κ3) is 3.94. The highest BCUT2D eigenvalue weighted by Gasteiger charge is 2.32. The van der Waals surface area contributed by atoms with E-state index in [1.54, 1.807) is 19.9 Å². The highest BCUT2D eigenvalue weighted by molar-refractivity contribution is 5.33. The number of rotatable bonds is 1. The summed E-state index contributed by atoms with van der Waals surface area (Å²) in [6, 6.07) is 4.44. The molecule has 0 N–H and O–H groups in total. The average Bonchev–Trinajstić information content (AvgIpc) is 2.19. The Bertz CT molecular complexity index is 300. The lowest BCUT2D eigenvalue weighted by molar-refractivity contribution is -0.138. The number of alkyl halides is 3. The topological polar surface area (TPSA) is 0 Å². The van der Waals surface area contributed by atoms with Crippen LogP contribution in [0.15, 0.2) is 18.2 Å². The average molecular weight is 218 g/mol. The molecule has 0 aliphatic heterocycles. The van der Waals surface area contributed by atoms with E-state index < -0.39 is 11.7 Å². The first-order valence-electron chi connectivity index (χ1n) is 5.12. The van der Waals surface area contributed by atoms with Crippen molar-refractivity contribution < 1.29 is 13.2 Å². The van der Waals surface area contributed by atoms with Crippen molar-refractivity contribution in [2.45, 2.75) is 40.3 Å². The molecule has 15 heavy (non-hydrogen) atoms. The van der Waals surface area contributed by atoms with E-state index in [2.05, 4.69) is 0 Å². The molecule has 0 aliphatic carbocycles. The fourth-order valence-electron chi connectivity index (χ4n) is 1.26. The van der Waals surface area contributed by atoms with E-state index in [1.165, 1.54) is 12.1 Å². The first kappa shape index (κ1) is 14.0. The number of halogens is 3. The molecule has 0 aromatic heterocycles. The van der Waals surface area contributed by atoms with Crippen molar-refractivity contribution in [3.8, 4) is 0 Å². The van der Waals surface area contributed by atoms with Gasteiger partial charge in [-0.25, -0.2) is 0 Å². The first-order chi connectivity index (χ1) is 6.95. The Morgan fingerprint density at radius 2 is 1.67 bits per heavy atom. The molecule has 0 saturated carbocycles. The van der Waals surface area contributed by atoms with Gasteiger partial charge in [0.1, 0.15) is 0 Å². The molecule has 0 atom stereocenters. The number of hydrogen-bond donors (Lipinski definition) is 0. The van der Waals surface area contributed by atoms with Crippen LogP contribution in [0.25, 0.3) is 0 Å². The molecule has 1 aromatic rings. The number of benzene rings is 1. The van der Waals surface area contributed by atoms with Crippen LogP contribution < -0.4 is 0 Å². The maximum atomic E-state index is 12.4. The van der Waals surface area contributed by atoms with Crippen molar-refractivity contribution in [1.29, 1.82) is 0 Å². The maximum Gasteiger partial charge on any atom is 0.416 e. The van der Waals surface area contributed by atoms with Crippen LogP contribution in [0, 0.1) is 6.92 Å². The molecule has 86 valence electrons. The molecule has 0 spiro atoms. The summed E-state index contributed by atoms with van der Waals surface area (Å²) in [5.74, 6) is 0. The van der Waals surface area contributed by atoms with E-state index in [0.29, 0.717) is 17.5 Å². The van der Waals surface area contributed by atoms with Crippen molar-refractivity contribution in [2.24, 2.45) is 0 Å². The van der Waals surface area contributed by atoms with Crippen molar-refractivity contribution in [1.82, 2.24) is 0 Å². The van der Waals surface area contributed by atoms with Crippen LogP contribution in [0.1, 0.15) is 37.5 Å². The molecule has 0 nitrogen and oxygen atoms in total.